The van der Waals surface area contributed by atoms with E-state index >= 15 is 0 Å². The van der Waals surface area contributed by atoms with Crippen LogP contribution in [-0.4, -0.2) is 47.7 Å². The third-order valence-electron chi connectivity index (χ3n) is 3.26. The zero-order valence-electron chi connectivity index (χ0n) is 11.0. The van der Waals surface area contributed by atoms with Crippen molar-refractivity contribution in [2.45, 2.75) is 26.1 Å². The number of imidazole rings is 1. The first-order valence-electron chi connectivity index (χ1n) is 6.00. The average molecular weight is 253 g/mol. The molecule has 1 atom stereocenters. The number of carbonyl (C=O) groups excluding carboxylic acids is 1. The number of hydrogen-bond donors (Lipinski definition) is 0. The number of fused-ring (bicyclic) bond motifs is 1. The Hall–Kier alpha value is -1.40. The van der Waals surface area contributed by atoms with Gasteiger partial charge in [0, 0.05) is 27.3 Å². The molecule has 1 aromatic rings. The predicted molar refractivity (Wildman–Crippen MR) is 64.9 cm³/mol. The molecule has 0 N–H and O–H groups in total. The summed E-state index contributed by atoms with van der Waals surface area (Å²) in [6.07, 6.45) is 1.82. The fraction of sp³-hybridized carbons (Fsp3) is 0.667. The first-order chi connectivity index (χ1) is 8.69. The SMILES string of the molecule is COCC(=O)N1CCn2c(COC)cnc2[C@H]1C. The molecule has 0 spiro atoms. The molecule has 0 unspecified atom stereocenters. The van der Waals surface area contributed by atoms with Gasteiger partial charge in [-0.2, -0.15) is 0 Å². The zero-order valence-corrected chi connectivity index (χ0v) is 11.0. The van der Waals surface area contributed by atoms with Gasteiger partial charge in [-0.3, -0.25) is 4.79 Å². The van der Waals surface area contributed by atoms with Crippen molar-refractivity contribution in [1.29, 1.82) is 0 Å². The molecule has 0 aromatic carbocycles. The molecule has 1 aliphatic rings. The standard InChI is InChI=1S/C12H19N3O3/c1-9-12-13-6-10(7-17-2)15(12)5-4-14(9)11(16)8-18-3/h6,9H,4-5,7-8H2,1-3H3/t9-/m1/s1. The maximum atomic E-state index is 11.9. The van der Waals surface area contributed by atoms with Crippen LogP contribution in [0.2, 0.25) is 0 Å². The minimum atomic E-state index is -0.0213. The first kappa shape index (κ1) is 13.0. The van der Waals surface area contributed by atoms with Gasteiger partial charge in [0.25, 0.3) is 0 Å². The summed E-state index contributed by atoms with van der Waals surface area (Å²) in [6, 6.07) is -0.0213. The predicted octanol–water partition coefficient (Wildman–Crippen LogP) is 0.579. The largest absolute Gasteiger partial charge is 0.378 e. The van der Waals surface area contributed by atoms with Crippen molar-refractivity contribution in [3.05, 3.63) is 17.7 Å². The summed E-state index contributed by atoms with van der Waals surface area (Å²) in [5.41, 5.74) is 1.05. The van der Waals surface area contributed by atoms with Crippen LogP contribution in [0.1, 0.15) is 24.5 Å². The summed E-state index contributed by atoms with van der Waals surface area (Å²) < 4.78 is 12.2. The molecule has 0 fully saturated rings. The summed E-state index contributed by atoms with van der Waals surface area (Å²) in [6.45, 7) is 4.10. The van der Waals surface area contributed by atoms with Crippen LogP contribution in [0.5, 0.6) is 0 Å². The lowest BCUT2D eigenvalue weighted by molar-refractivity contribution is -0.138. The normalized spacial score (nSPS) is 18.8. The number of carbonyl (C=O) groups is 1. The number of ether oxygens (including phenoxy) is 2. The van der Waals surface area contributed by atoms with Crippen LogP contribution in [0, 0.1) is 0 Å². The second-order valence-corrected chi connectivity index (χ2v) is 4.39. The van der Waals surface area contributed by atoms with Crippen LogP contribution in [0.3, 0.4) is 0 Å². The number of rotatable bonds is 4. The summed E-state index contributed by atoms with van der Waals surface area (Å²) in [7, 11) is 3.20. The van der Waals surface area contributed by atoms with E-state index in [1.807, 2.05) is 18.0 Å². The Morgan fingerprint density at radius 2 is 2.22 bits per heavy atom. The van der Waals surface area contributed by atoms with Crippen molar-refractivity contribution in [2.24, 2.45) is 0 Å². The lowest BCUT2D eigenvalue weighted by atomic mass is 10.2. The Bertz CT molecular complexity index is 430. The molecule has 1 aromatic heterocycles. The van der Waals surface area contributed by atoms with E-state index in [-0.39, 0.29) is 18.6 Å². The molecule has 6 nitrogen and oxygen atoms in total. The summed E-state index contributed by atoms with van der Waals surface area (Å²) in [4.78, 5) is 18.1. The molecule has 0 bridgehead atoms. The maximum Gasteiger partial charge on any atom is 0.249 e. The van der Waals surface area contributed by atoms with E-state index in [1.165, 1.54) is 7.11 Å². The smallest absolute Gasteiger partial charge is 0.249 e. The highest BCUT2D eigenvalue weighted by atomic mass is 16.5. The van der Waals surface area contributed by atoms with Crippen LogP contribution in [0.15, 0.2) is 6.20 Å². The highest BCUT2D eigenvalue weighted by Gasteiger charge is 2.29. The van der Waals surface area contributed by atoms with E-state index in [0.29, 0.717) is 13.2 Å². The highest BCUT2D eigenvalue weighted by Crippen LogP contribution is 2.25. The third-order valence-corrected chi connectivity index (χ3v) is 3.26. The summed E-state index contributed by atoms with van der Waals surface area (Å²) in [5, 5.41) is 0. The van der Waals surface area contributed by atoms with E-state index in [2.05, 4.69) is 9.55 Å². The van der Waals surface area contributed by atoms with E-state index in [1.54, 1.807) is 7.11 Å². The minimum Gasteiger partial charge on any atom is -0.378 e. The first-order valence-corrected chi connectivity index (χ1v) is 6.00. The quantitative estimate of drug-likeness (QED) is 0.787. The van der Waals surface area contributed by atoms with Crippen molar-refractivity contribution in [2.75, 3.05) is 27.4 Å². The summed E-state index contributed by atoms with van der Waals surface area (Å²) in [5.74, 6) is 0.922. The molecule has 2 heterocycles. The molecule has 0 saturated carbocycles. The molecule has 0 radical (unpaired) electrons. The number of hydrogen-bond acceptors (Lipinski definition) is 4. The number of methoxy groups -OCH3 is 2. The van der Waals surface area contributed by atoms with Gasteiger partial charge in [-0.15, -0.1) is 0 Å². The third kappa shape index (κ3) is 2.26. The Kier molecular flexibility index (Phi) is 3.98. The van der Waals surface area contributed by atoms with E-state index < -0.39 is 0 Å². The lowest BCUT2D eigenvalue weighted by Gasteiger charge is -2.34. The van der Waals surface area contributed by atoms with Gasteiger partial charge in [-0.25, -0.2) is 4.98 Å². The number of nitrogens with zero attached hydrogens (tertiary/aromatic N) is 3. The van der Waals surface area contributed by atoms with E-state index in [4.69, 9.17) is 9.47 Å². The van der Waals surface area contributed by atoms with Gasteiger partial charge in [0.15, 0.2) is 0 Å². The monoisotopic (exact) mass is 253 g/mol. The average Bonchev–Trinajstić information content (AvgIpc) is 2.75. The van der Waals surface area contributed by atoms with Gasteiger partial charge in [-0.05, 0) is 6.92 Å². The van der Waals surface area contributed by atoms with Crippen molar-refractivity contribution in [3.8, 4) is 0 Å². The van der Waals surface area contributed by atoms with Crippen molar-refractivity contribution in [3.63, 3.8) is 0 Å². The molecule has 2 rings (SSSR count). The molecule has 1 aliphatic heterocycles. The topological polar surface area (TPSA) is 56.6 Å². The molecule has 100 valence electrons. The molecule has 18 heavy (non-hydrogen) atoms. The highest BCUT2D eigenvalue weighted by molar-refractivity contribution is 5.78. The Balaban J connectivity index is 2.18. The number of aromatic nitrogens is 2. The van der Waals surface area contributed by atoms with Crippen LogP contribution >= 0.6 is 0 Å². The lowest BCUT2D eigenvalue weighted by Crippen LogP contribution is -2.43. The fourth-order valence-corrected chi connectivity index (χ4v) is 2.37. The Morgan fingerprint density at radius 1 is 1.44 bits per heavy atom. The van der Waals surface area contributed by atoms with Gasteiger partial charge >= 0.3 is 0 Å². The van der Waals surface area contributed by atoms with Gasteiger partial charge < -0.3 is 18.9 Å². The molecule has 0 saturated heterocycles. The minimum absolute atomic E-state index is 0.00698. The second kappa shape index (κ2) is 5.49. The van der Waals surface area contributed by atoms with Gasteiger partial charge in [-0.1, -0.05) is 0 Å². The molecule has 6 heteroatoms. The fourth-order valence-electron chi connectivity index (χ4n) is 2.37. The van der Waals surface area contributed by atoms with Gasteiger partial charge in [0.05, 0.1) is 24.5 Å². The zero-order chi connectivity index (χ0) is 13.1. The van der Waals surface area contributed by atoms with Crippen LogP contribution in [0.4, 0.5) is 0 Å². The van der Waals surface area contributed by atoms with Crippen molar-refractivity contribution in [1.82, 2.24) is 14.5 Å². The molecular formula is C12H19N3O3. The Morgan fingerprint density at radius 3 is 2.89 bits per heavy atom. The molecule has 0 aliphatic carbocycles. The van der Waals surface area contributed by atoms with Crippen LogP contribution < -0.4 is 0 Å². The van der Waals surface area contributed by atoms with Crippen LogP contribution in [-0.2, 0) is 27.4 Å². The second-order valence-electron chi connectivity index (χ2n) is 4.39. The van der Waals surface area contributed by atoms with Gasteiger partial charge in [0.2, 0.25) is 5.91 Å². The van der Waals surface area contributed by atoms with Crippen LogP contribution in [0.25, 0.3) is 0 Å². The van der Waals surface area contributed by atoms with Crippen molar-refractivity contribution >= 4 is 5.91 Å². The molecular weight excluding hydrogens is 234 g/mol. The van der Waals surface area contributed by atoms with Gasteiger partial charge in [0.1, 0.15) is 12.4 Å². The van der Waals surface area contributed by atoms with Crippen molar-refractivity contribution < 1.29 is 14.3 Å². The molecule has 1 amide bonds. The maximum absolute atomic E-state index is 11.9. The Labute approximate surface area is 106 Å². The van der Waals surface area contributed by atoms with E-state index in [0.717, 1.165) is 18.1 Å². The summed E-state index contributed by atoms with van der Waals surface area (Å²) >= 11 is 0. The van der Waals surface area contributed by atoms with E-state index in [9.17, 15) is 4.79 Å². The number of amides is 1.